The van der Waals surface area contributed by atoms with Crippen LogP contribution in [0.1, 0.15) is 11.4 Å². The number of fused-ring (bicyclic) bond motifs is 1. The van der Waals surface area contributed by atoms with Crippen LogP contribution in [0.15, 0.2) is 30.3 Å². The Morgan fingerprint density at radius 2 is 2.00 bits per heavy atom. The highest BCUT2D eigenvalue weighted by atomic mass is 19.1. The second-order valence-electron chi connectivity index (χ2n) is 4.52. The monoisotopic (exact) mass is 256 g/mol. The summed E-state index contributed by atoms with van der Waals surface area (Å²) in [5.41, 5.74) is 9.88. The van der Waals surface area contributed by atoms with Crippen molar-refractivity contribution in [2.75, 3.05) is 5.73 Å². The number of nitrogen functional groups attached to an aromatic ring is 1. The molecule has 0 aliphatic heterocycles. The number of nitrogens with zero attached hydrogens (tertiary/aromatic N) is 3. The molecule has 96 valence electrons. The quantitative estimate of drug-likeness (QED) is 0.728. The van der Waals surface area contributed by atoms with E-state index in [-0.39, 0.29) is 5.82 Å². The van der Waals surface area contributed by atoms with Crippen molar-refractivity contribution < 1.29 is 4.39 Å². The number of hydrogen-bond acceptors (Lipinski definition) is 3. The van der Waals surface area contributed by atoms with E-state index in [9.17, 15) is 4.39 Å². The third-order valence-electron chi connectivity index (χ3n) is 3.05. The summed E-state index contributed by atoms with van der Waals surface area (Å²) in [5.74, 6) is 0.175. The third kappa shape index (κ3) is 1.83. The summed E-state index contributed by atoms with van der Waals surface area (Å²) in [6.07, 6.45) is 0. The van der Waals surface area contributed by atoms with Crippen LogP contribution in [0, 0.1) is 19.7 Å². The van der Waals surface area contributed by atoms with Crippen molar-refractivity contribution in [3.05, 3.63) is 47.5 Å². The van der Waals surface area contributed by atoms with Gasteiger partial charge in [-0.15, -0.1) is 0 Å². The van der Waals surface area contributed by atoms with Gasteiger partial charge in [0.05, 0.1) is 11.4 Å². The predicted molar refractivity (Wildman–Crippen MR) is 72.3 cm³/mol. The summed E-state index contributed by atoms with van der Waals surface area (Å²) in [4.78, 5) is 4.46. The van der Waals surface area contributed by atoms with Crippen LogP contribution in [0.25, 0.3) is 16.8 Å². The number of aromatic nitrogens is 3. The van der Waals surface area contributed by atoms with E-state index in [4.69, 9.17) is 5.73 Å². The average molecular weight is 256 g/mol. The molecule has 0 bridgehead atoms. The zero-order valence-corrected chi connectivity index (χ0v) is 10.7. The lowest BCUT2D eigenvalue weighted by atomic mass is 10.0. The first kappa shape index (κ1) is 11.6. The highest BCUT2D eigenvalue weighted by Crippen LogP contribution is 2.29. The van der Waals surface area contributed by atoms with Crippen molar-refractivity contribution in [2.24, 2.45) is 0 Å². The van der Waals surface area contributed by atoms with E-state index in [0.717, 1.165) is 17.0 Å². The van der Waals surface area contributed by atoms with Gasteiger partial charge in [-0.05, 0) is 31.5 Å². The minimum absolute atomic E-state index is 0.298. The zero-order chi connectivity index (χ0) is 13.6. The summed E-state index contributed by atoms with van der Waals surface area (Å²) >= 11 is 0. The molecule has 0 aliphatic carbocycles. The third-order valence-corrected chi connectivity index (χ3v) is 3.05. The number of nitrogens with two attached hydrogens (primary N) is 1. The Bertz CT molecular complexity index is 776. The molecule has 2 heterocycles. The van der Waals surface area contributed by atoms with E-state index in [0.29, 0.717) is 17.0 Å². The molecular formula is C14H13FN4. The summed E-state index contributed by atoms with van der Waals surface area (Å²) < 4.78 is 14.9. The van der Waals surface area contributed by atoms with Crippen molar-refractivity contribution in [1.29, 1.82) is 0 Å². The molecule has 0 saturated heterocycles. The Morgan fingerprint density at radius 1 is 1.21 bits per heavy atom. The maximum atomic E-state index is 13.4. The Labute approximate surface area is 109 Å². The second kappa shape index (κ2) is 4.05. The molecule has 0 spiro atoms. The van der Waals surface area contributed by atoms with Crippen molar-refractivity contribution in [2.45, 2.75) is 13.8 Å². The van der Waals surface area contributed by atoms with Crippen molar-refractivity contribution >= 4 is 11.5 Å². The van der Waals surface area contributed by atoms with Crippen molar-refractivity contribution in [3.63, 3.8) is 0 Å². The van der Waals surface area contributed by atoms with Crippen LogP contribution in [-0.4, -0.2) is 14.6 Å². The van der Waals surface area contributed by atoms with E-state index in [2.05, 4.69) is 10.1 Å². The summed E-state index contributed by atoms with van der Waals surface area (Å²) in [7, 11) is 0. The minimum atomic E-state index is -0.298. The first-order chi connectivity index (χ1) is 9.06. The Morgan fingerprint density at radius 3 is 2.74 bits per heavy atom. The largest absolute Gasteiger partial charge is 0.383 e. The number of rotatable bonds is 1. The van der Waals surface area contributed by atoms with Gasteiger partial charge < -0.3 is 5.73 Å². The number of halogens is 1. The topological polar surface area (TPSA) is 56.2 Å². The van der Waals surface area contributed by atoms with E-state index in [1.54, 1.807) is 10.6 Å². The molecule has 0 fully saturated rings. The summed E-state index contributed by atoms with van der Waals surface area (Å²) in [5, 5.41) is 4.30. The fourth-order valence-corrected chi connectivity index (χ4v) is 2.26. The molecule has 3 aromatic rings. The molecular weight excluding hydrogens is 243 g/mol. The predicted octanol–water partition coefficient (Wildman–Crippen LogP) is 2.73. The lowest BCUT2D eigenvalue weighted by Gasteiger charge is -2.10. The van der Waals surface area contributed by atoms with Gasteiger partial charge in [-0.3, -0.25) is 0 Å². The molecule has 5 heteroatoms. The maximum Gasteiger partial charge on any atom is 0.157 e. The average Bonchev–Trinajstić information content (AvgIpc) is 2.70. The van der Waals surface area contributed by atoms with Crippen LogP contribution in [0.5, 0.6) is 0 Å². The van der Waals surface area contributed by atoms with Crippen LogP contribution < -0.4 is 5.73 Å². The van der Waals surface area contributed by atoms with E-state index in [1.165, 1.54) is 12.1 Å². The van der Waals surface area contributed by atoms with Gasteiger partial charge in [0.1, 0.15) is 11.6 Å². The molecule has 0 unspecified atom stereocenters. The van der Waals surface area contributed by atoms with Gasteiger partial charge in [-0.25, -0.2) is 9.37 Å². The van der Waals surface area contributed by atoms with E-state index >= 15 is 0 Å². The molecule has 2 aromatic heterocycles. The van der Waals surface area contributed by atoms with E-state index < -0.39 is 0 Å². The molecule has 0 aliphatic rings. The lowest BCUT2D eigenvalue weighted by molar-refractivity contribution is 0.628. The van der Waals surface area contributed by atoms with Gasteiger partial charge in [-0.1, -0.05) is 12.1 Å². The minimum Gasteiger partial charge on any atom is -0.383 e. The molecule has 4 nitrogen and oxygen atoms in total. The summed E-state index contributed by atoms with van der Waals surface area (Å²) in [6.45, 7) is 3.74. The van der Waals surface area contributed by atoms with Gasteiger partial charge in [0.15, 0.2) is 5.65 Å². The highest BCUT2D eigenvalue weighted by molar-refractivity contribution is 5.77. The number of anilines is 1. The molecule has 0 amide bonds. The van der Waals surface area contributed by atoms with Crippen LogP contribution in [0.3, 0.4) is 0 Å². The SMILES string of the molecule is Cc1cc2nc(C)c(-c3cccc(F)c3)c(N)n2n1. The Kier molecular flexibility index (Phi) is 2.48. The maximum absolute atomic E-state index is 13.4. The van der Waals surface area contributed by atoms with Crippen LogP contribution in [0.2, 0.25) is 0 Å². The molecule has 19 heavy (non-hydrogen) atoms. The molecule has 0 radical (unpaired) electrons. The fourth-order valence-electron chi connectivity index (χ4n) is 2.26. The van der Waals surface area contributed by atoms with Crippen LogP contribution >= 0.6 is 0 Å². The van der Waals surface area contributed by atoms with Gasteiger partial charge >= 0.3 is 0 Å². The van der Waals surface area contributed by atoms with Crippen LogP contribution in [-0.2, 0) is 0 Å². The first-order valence-corrected chi connectivity index (χ1v) is 5.94. The number of hydrogen-bond donors (Lipinski definition) is 1. The molecule has 0 saturated carbocycles. The van der Waals surface area contributed by atoms with Crippen molar-refractivity contribution in [3.8, 4) is 11.1 Å². The van der Waals surface area contributed by atoms with Crippen molar-refractivity contribution in [1.82, 2.24) is 14.6 Å². The first-order valence-electron chi connectivity index (χ1n) is 5.94. The molecule has 3 rings (SSSR count). The van der Waals surface area contributed by atoms with Gasteiger partial charge in [0.2, 0.25) is 0 Å². The van der Waals surface area contributed by atoms with Gasteiger partial charge in [-0.2, -0.15) is 9.61 Å². The summed E-state index contributed by atoms with van der Waals surface area (Å²) in [6, 6.07) is 8.17. The lowest BCUT2D eigenvalue weighted by Crippen LogP contribution is -2.05. The highest BCUT2D eigenvalue weighted by Gasteiger charge is 2.14. The molecule has 2 N–H and O–H groups in total. The smallest absolute Gasteiger partial charge is 0.157 e. The molecule has 1 aromatic carbocycles. The normalized spacial score (nSPS) is 11.1. The fraction of sp³-hybridized carbons (Fsp3) is 0.143. The molecule has 0 atom stereocenters. The zero-order valence-electron chi connectivity index (χ0n) is 10.7. The van der Waals surface area contributed by atoms with E-state index in [1.807, 2.05) is 26.0 Å². The second-order valence-corrected chi connectivity index (χ2v) is 4.52. The number of aryl methyl sites for hydroxylation is 2. The standard InChI is InChI=1S/C14H13FN4/c1-8-6-12-17-9(2)13(14(16)19(12)18-8)10-4-3-5-11(15)7-10/h3-7H,16H2,1-2H3. The van der Waals surface area contributed by atoms with Gasteiger partial charge in [0, 0.05) is 11.6 Å². The van der Waals surface area contributed by atoms with Gasteiger partial charge in [0.25, 0.3) is 0 Å². The Balaban J connectivity index is 2.34. The Hall–Kier alpha value is -2.43. The van der Waals surface area contributed by atoms with Crippen LogP contribution in [0.4, 0.5) is 10.2 Å². The number of benzene rings is 1.